The van der Waals surface area contributed by atoms with Crippen molar-refractivity contribution in [3.05, 3.63) is 58.9 Å². The third kappa shape index (κ3) is 2.33. The van der Waals surface area contributed by atoms with E-state index in [0.29, 0.717) is 24.1 Å². The number of ether oxygens (including phenoxy) is 1. The number of amides is 1. The molecule has 0 unspecified atom stereocenters. The smallest absolute Gasteiger partial charge is 0.258 e. The van der Waals surface area contributed by atoms with Gasteiger partial charge in [-0.15, -0.1) is 0 Å². The van der Waals surface area contributed by atoms with Gasteiger partial charge in [-0.25, -0.2) is 13.2 Å². The SMILES string of the molecule is O=C(Nc1cccc2c1OCC2)c1ccc(F)c(F)c1F. The van der Waals surface area contributed by atoms with Crippen LogP contribution in [0.2, 0.25) is 0 Å². The fourth-order valence-corrected chi connectivity index (χ4v) is 2.20. The van der Waals surface area contributed by atoms with Crippen LogP contribution in [0.5, 0.6) is 5.75 Å². The van der Waals surface area contributed by atoms with Crippen molar-refractivity contribution in [2.24, 2.45) is 0 Å². The van der Waals surface area contributed by atoms with Gasteiger partial charge in [-0.05, 0) is 23.8 Å². The van der Waals surface area contributed by atoms with Gasteiger partial charge in [-0.1, -0.05) is 12.1 Å². The molecular formula is C15H10F3NO2. The summed E-state index contributed by atoms with van der Waals surface area (Å²) in [7, 11) is 0. The van der Waals surface area contributed by atoms with Gasteiger partial charge in [0.05, 0.1) is 17.9 Å². The Balaban J connectivity index is 1.91. The van der Waals surface area contributed by atoms with Gasteiger partial charge in [-0.3, -0.25) is 4.79 Å². The van der Waals surface area contributed by atoms with Crippen molar-refractivity contribution in [2.45, 2.75) is 6.42 Å². The van der Waals surface area contributed by atoms with E-state index in [2.05, 4.69) is 5.32 Å². The van der Waals surface area contributed by atoms with E-state index in [0.717, 1.165) is 18.1 Å². The zero-order valence-corrected chi connectivity index (χ0v) is 10.8. The molecule has 3 rings (SSSR count). The van der Waals surface area contributed by atoms with Crippen LogP contribution < -0.4 is 10.1 Å². The average molecular weight is 293 g/mol. The van der Waals surface area contributed by atoms with Crippen molar-refractivity contribution in [2.75, 3.05) is 11.9 Å². The number of carbonyl (C=O) groups excluding carboxylic acids is 1. The molecule has 21 heavy (non-hydrogen) atoms. The Labute approximate surface area is 118 Å². The minimum absolute atomic E-state index is 0.374. The second kappa shape index (κ2) is 5.12. The summed E-state index contributed by atoms with van der Waals surface area (Å²) in [5.41, 5.74) is 0.738. The van der Waals surface area contributed by atoms with Crippen LogP contribution in [0.25, 0.3) is 0 Å². The summed E-state index contributed by atoms with van der Waals surface area (Å²) in [6.07, 6.45) is 0.721. The molecule has 0 bridgehead atoms. The molecule has 0 radical (unpaired) electrons. The molecule has 3 nitrogen and oxygen atoms in total. The predicted octanol–water partition coefficient (Wildman–Crippen LogP) is 3.29. The number of hydrogen-bond acceptors (Lipinski definition) is 2. The molecule has 1 aliphatic heterocycles. The molecule has 1 aliphatic rings. The average Bonchev–Trinajstić information content (AvgIpc) is 2.94. The van der Waals surface area contributed by atoms with E-state index >= 15 is 0 Å². The molecule has 2 aromatic carbocycles. The van der Waals surface area contributed by atoms with Crippen LogP contribution in [0.15, 0.2) is 30.3 Å². The minimum Gasteiger partial charge on any atom is -0.491 e. The third-order valence-electron chi connectivity index (χ3n) is 3.24. The molecule has 108 valence electrons. The highest BCUT2D eigenvalue weighted by molar-refractivity contribution is 6.05. The quantitative estimate of drug-likeness (QED) is 0.863. The molecular weight excluding hydrogens is 283 g/mol. The number of fused-ring (bicyclic) bond motifs is 1. The molecule has 0 spiro atoms. The van der Waals surface area contributed by atoms with Gasteiger partial charge in [0.25, 0.3) is 5.91 Å². The fourth-order valence-electron chi connectivity index (χ4n) is 2.20. The van der Waals surface area contributed by atoms with Crippen molar-refractivity contribution < 1.29 is 22.7 Å². The first-order valence-electron chi connectivity index (χ1n) is 6.27. The number of nitrogens with one attached hydrogen (secondary N) is 1. The first-order chi connectivity index (χ1) is 10.1. The summed E-state index contributed by atoms with van der Waals surface area (Å²) < 4.78 is 45.0. The van der Waals surface area contributed by atoms with Crippen molar-refractivity contribution in [1.29, 1.82) is 0 Å². The van der Waals surface area contributed by atoms with E-state index in [-0.39, 0.29) is 0 Å². The zero-order chi connectivity index (χ0) is 15.0. The Kier molecular flexibility index (Phi) is 3.29. The van der Waals surface area contributed by atoms with E-state index in [1.807, 2.05) is 6.07 Å². The van der Waals surface area contributed by atoms with Gasteiger partial charge < -0.3 is 10.1 Å². The zero-order valence-electron chi connectivity index (χ0n) is 10.8. The number of para-hydroxylation sites is 1. The summed E-state index contributed by atoms with van der Waals surface area (Å²) >= 11 is 0. The Bertz CT molecular complexity index is 731. The van der Waals surface area contributed by atoms with Crippen molar-refractivity contribution in [1.82, 2.24) is 0 Å². The molecule has 0 aromatic heterocycles. The summed E-state index contributed by atoms with van der Waals surface area (Å²) in [6, 6.07) is 6.78. The van der Waals surface area contributed by atoms with Crippen LogP contribution in [-0.4, -0.2) is 12.5 Å². The van der Waals surface area contributed by atoms with Gasteiger partial charge >= 0.3 is 0 Å². The van der Waals surface area contributed by atoms with Crippen molar-refractivity contribution in [3.8, 4) is 5.75 Å². The number of hydrogen-bond donors (Lipinski definition) is 1. The van der Waals surface area contributed by atoms with E-state index in [4.69, 9.17) is 4.74 Å². The van der Waals surface area contributed by atoms with Gasteiger partial charge in [0.2, 0.25) is 0 Å². The maximum absolute atomic E-state index is 13.6. The van der Waals surface area contributed by atoms with Crippen LogP contribution in [0, 0.1) is 17.5 Å². The molecule has 6 heteroatoms. The van der Waals surface area contributed by atoms with Crippen LogP contribution in [-0.2, 0) is 6.42 Å². The van der Waals surface area contributed by atoms with Crippen LogP contribution in [0.3, 0.4) is 0 Å². The maximum atomic E-state index is 13.6. The summed E-state index contributed by atoms with van der Waals surface area (Å²) in [4.78, 5) is 12.0. The lowest BCUT2D eigenvalue weighted by molar-refractivity contribution is 0.102. The molecule has 1 amide bonds. The summed E-state index contributed by atoms with van der Waals surface area (Å²) in [6.45, 7) is 0.502. The molecule has 0 fully saturated rings. The number of benzene rings is 2. The predicted molar refractivity (Wildman–Crippen MR) is 69.9 cm³/mol. The standard InChI is InChI=1S/C15H10F3NO2/c16-10-5-4-9(12(17)13(10)18)15(20)19-11-3-1-2-8-6-7-21-14(8)11/h1-5H,6-7H2,(H,19,20). The number of anilines is 1. The van der Waals surface area contributed by atoms with Crippen molar-refractivity contribution >= 4 is 11.6 Å². The van der Waals surface area contributed by atoms with Crippen LogP contribution >= 0.6 is 0 Å². The molecule has 0 aliphatic carbocycles. The second-order valence-corrected chi connectivity index (χ2v) is 4.57. The molecule has 0 saturated heterocycles. The first kappa shape index (κ1) is 13.5. The highest BCUT2D eigenvalue weighted by Crippen LogP contribution is 2.33. The Morgan fingerprint density at radius 1 is 1.10 bits per heavy atom. The van der Waals surface area contributed by atoms with E-state index < -0.39 is 28.9 Å². The van der Waals surface area contributed by atoms with Crippen LogP contribution in [0.4, 0.5) is 18.9 Å². The van der Waals surface area contributed by atoms with E-state index in [1.165, 1.54) is 0 Å². The number of halogens is 3. The normalized spacial score (nSPS) is 12.7. The lowest BCUT2D eigenvalue weighted by atomic mass is 10.1. The third-order valence-corrected chi connectivity index (χ3v) is 3.24. The van der Waals surface area contributed by atoms with E-state index in [9.17, 15) is 18.0 Å². The van der Waals surface area contributed by atoms with Gasteiger partial charge in [0.15, 0.2) is 17.5 Å². The monoisotopic (exact) mass is 293 g/mol. The maximum Gasteiger partial charge on any atom is 0.258 e. The number of carbonyl (C=O) groups is 1. The van der Waals surface area contributed by atoms with E-state index in [1.54, 1.807) is 12.1 Å². The molecule has 2 aromatic rings. The second-order valence-electron chi connectivity index (χ2n) is 4.57. The molecule has 0 atom stereocenters. The minimum atomic E-state index is -1.67. The lowest BCUT2D eigenvalue weighted by Gasteiger charge is -2.10. The van der Waals surface area contributed by atoms with Gasteiger partial charge in [0.1, 0.15) is 5.75 Å². The molecule has 1 heterocycles. The largest absolute Gasteiger partial charge is 0.491 e. The fraction of sp³-hybridized carbons (Fsp3) is 0.133. The lowest BCUT2D eigenvalue weighted by Crippen LogP contribution is -2.15. The Morgan fingerprint density at radius 3 is 2.71 bits per heavy atom. The van der Waals surface area contributed by atoms with Crippen LogP contribution in [0.1, 0.15) is 15.9 Å². The molecule has 1 N–H and O–H groups in total. The summed E-state index contributed by atoms with van der Waals surface area (Å²) in [5, 5.41) is 2.45. The van der Waals surface area contributed by atoms with Gasteiger partial charge in [0, 0.05) is 6.42 Å². The van der Waals surface area contributed by atoms with Crippen molar-refractivity contribution in [3.63, 3.8) is 0 Å². The highest BCUT2D eigenvalue weighted by Gasteiger charge is 2.21. The highest BCUT2D eigenvalue weighted by atomic mass is 19.2. The number of rotatable bonds is 2. The summed E-state index contributed by atoms with van der Waals surface area (Å²) in [5.74, 6) is -4.87. The van der Waals surface area contributed by atoms with Gasteiger partial charge in [-0.2, -0.15) is 0 Å². The Morgan fingerprint density at radius 2 is 1.90 bits per heavy atom. The first-order valence-corrected chi connectivity index (χ1v) is 6.27. The molecule has 0 saturated carbocycles. The topological polar surface area (TPSA) is 38.3 Å². The Hall–Kier alpha value is -2.50.